The maximum Gasteiger partial charge on any atom is 0.407 e. The minimum atomic E-state index is -1.07. The van der Waals surface area contributed by atoms with Crippen LogP contribution in [-0.4, -0.2) is 28.8 Å². The number of pyridine rings is 1. The number of hydrogen-bond donors (Lipinski definition) is 2. The Morgan fingerprint density at radius 3 is 2.28 bits per heavy atom. The Morgan fingerprint density at radius 1 is 1.07 bits per heavy atom. The maximum atomic E-state index is 12.2. The van der Waals surface area contributed by atoms with Crippen molar-refractivity contribution in [2.75, 3.05) is 6.61 Å². The van der Waals surface area contributed by atoms with Crippen LogP contribution in [0.3, 0.4) is 0 Å². The number of nitrogens with one attached hydrogen (secondary N) is 1. The number of carbonyl (C=O) groups excluding carboxylic acids is 1. The highest BCUT2D eigenvalue weighted by Crippen LogP contribution is 2.44. The molecule has 1 aromatic heterocycles. The largest absolute Gasteiger partial charge is 0.477 e. The second-order valence-corrected chi connectivity index (χ2v) is 6.99. The predicted octanol–water partition coefficient (Wildman–Crippen LogP) is 4.13. The highest BCUT2D eigenvalue weighted by molar-refractivity contribution is 5.87. The van der Waals surface area contributed by atoms with Gasteiger partial charge in [-0.2, -0.15) is 0 Å². The molecule has 0 saturated carbocycles. The zero-order valence-electron chi connectivity index (χ0n) is 15.9. The number of hydrogen-bond acceptors (Lipinski definition) is 4. The number of carboxylic acids is 1. The maximum absolute atomic E-state index is 12.2. The molecule has 0 spiro atoms. The van der Waals surface area contributed by atoms with Crippen LogP contribution in [0.2, 0.25) is 0 Å². The van der Waals surface area contributed by atoms with Gasteiger partial charge in [0.1, 0.15) is 6.61 Å². The lowest BCUT2D eigenvalue weighted by molar-refractivity contribution is 0.0689. The summed E-state index contributed by atoms with van der Waals surface area (Å²) in [6, 6.07) is 18.0. The van der Waals surface area contributed by atoms with Crippen LogP contribution in [0, 0.1) is 6.92 Å². The average Bonchev–Trinajstić information content (AvgIpc) is 3.04. The number of aryl methyl sites for hydroxylation is 1. The third kappa shape index (κ3) is 3.69. The van der Waals surface area contributed by atoms with Crippen molar-refractivity contribution in [1.29, 1.82) is 0 Å². The van der Waals surface area contributed by atoms with Gasteiger partial charge in [-0.05, 0) is 40.3 Å². The van der Waals surface area contributed by atoms with Gasteiger partial charge in [-0.15, -0.1) is 0 Å². The highest BCUT2D eigenvalue weighted by Gasteiger charge is 2.28. The fourth-order valence-corrected chi connectivity index (χ4v) is 3.78. The van der Waals surface area contributed by atoms with Crippen molar-refractivity contribution in [1.82, 2.24) is 10.3 Å². The fraction of sp³-hybridized carbons (Fsp3) is 0.174. The minimum Gasteiger partial charge on any atom is -0.477 e. The van der Waals surface area contributed by atoms with Crippen LogP contribution in [0.5, 0.6) is 0 Å². The first-order chi connectivity index (χ1) is 14.0. The first-order valence-electron chi connectivity index (χ1n) is 9.32. The van der Waals surface area contributed by atoms with Gasteiger partial charge in [-0.1, -0.05) is 54.6 Å². The zero-order valence-corrected chi connectivity index (χ0v) is 15.9. The van der Waals surface area contributed by atoms with E-state index in [1.807, 2.05) is 24.3 Å². The molecule has 6 nitrogen and oxygen atoms in total. The van der Waals surface area contributed by atoms with E-state index in [4.69, 9.17) is 9.84 Å². The minimum absolute atomic E-state index is 0.00640. The molecule has 2 N–H and O–H groups in total. The van der Waals surface area contributed by atoms with Crippen molar-refractivity contribution in [3.63, 3.8) is 0 Å². The first kappa shape index (κ1) is 18.7. The van der Waals surface area contributed by atoms with E-state index in [0.717, 1.165) is 11.1 Å². The highest BCUT2D eigenvalue weighted by atomic mass is 16.5. The molecule has 0 atom stereocenters. The molecule has 0 fully saturated rings. The van der Waals surface area contributed by atoms with Crippen LogP contribution in [0.4, 0.5) is 4.79 Å². The Bertz CT molecular complexity index is 1050. The van der Waals surface area contributed by atoms with Crippen LogP contribution in [0.1, 0.15) is 38.7 Å². The molecule has 3 aromatic rings. The van der Waals surface area contributed by atoms with Gasteiger partial charge in [0.15, 0.2) is 5.69 Å². The van der Waals surface area contributed by atoms with Gasteiger partial charge in [0.2, 0.25) is 0 Å². The molecule has 0 saturated heterocycles. The van der Waals surface area contributed by atoms with Gasteiger partial charge < -0.3 is 15.2 Å². The topological polar surface area (TPSA) is 88.5 Å². The predicted molar refractivity (Wildman–Crippen MR) is 108 cm³/mol. The number of alkyl carbamates (subject to hydrolysis) is 1. The summed E-state index contributed by atoms with van der Waals surface area (Å²) in [7, 11) is 0. The van der Waals surface area contributed by atoms with E-state index in [1.165, 1.54) is 17.3 Å². The lowest BCUT2D eigenvalue weighted by atomic mass is 9.98. The molecule has 1 amide bonds. The van der Waals surface area contributed by atoms with Crippen molar-refractivity contribution in [2.45, 2.75) is 19.4 Å². The van der Waals surface area contributed by atoms with Crippen molar-refractivity contribution in [3.05, 3.63) is 88.7 Å². The van der Waals surface area contributed by atoms with Crippen molar-refractivity contribution in [2.24, 2.45) is 0 Å². The molecule has 0 radical (unpaired) electrons. The normalized spacial score (nSPS) is 12.2. The SMILES string of the molecule is Cc1cc(CNC(=O)OCC2c3ccccc3-c3ccccc32)cnc1C(=O)O. The number of fused-ring (bicyclic) bond motifs is 3. The van der Waals surface area contributed by atoms with Crippen LogP contribution in [0.25, 0.3) is 11.1 Å². The molecule has 1 heterocycles. The Labute approximate surface area is 168 Å². The summed E-state index contributed by atoms with van der Waals surface area (Å²) in [6.45, 7) is 2.13. The van der Waals surface area contributed by atoms with Gasteiger partial charge in [0, 0.05) is 18.7 Å². The van der Waals surface area contributed by atoms with E-state index in [0.29, 0.717) is 11.1 Å². The zero-order chi connectivity index (χ0) is 20.4. The van der Waals surface area contributed by atoms with Crippen LogP contribution < -0.4 is 5.32 Å². The molecule has 2 aromatic carbocycles. The van der Waals surface area contributed by atoms with Crippen molar-refractivity contribution >= 4 is 12.1 Å². The summed E-state index contributed by atoms with van der Waals surface area (Å²) >= 11 is 0. The Hall–Kier alpha value is -3.67. The number of carboxylic acid groups (broad SMARTS) is 1. The van der Waals surface area contributed by atoms with E-state index < -0.39 is 12.1 Å². The van der Waals surface area contributed by atoms with Gasteiger partial charge in [-0.25, -0.2) is 14.6 Å². The van der Waals surface area contributed by atoms with Gasteiger partial charge in [0.25, 0.3) is 0 Å². The summed E-state index contributed by atoms with van der Waals surface area (Å²) in [6.07, 6.45) is 0.923. The van der Waals surface area contributed by atoms with Crippen molar-refractivity contribution < 1.29 is 19.4 Å². The average molecular weight is 388 g/mol. The summed E-state index contributed by atoms with van der Waals surface area (Å²) in [4.78, 5) is 27.2. The molecular formula is C23H20N2O4. The molecule has 1 aliphatic rings. The number of rotatable bonds is 5. The van der Waals surface area contributed by atoms with Crippen molar-refractivity contribution in [3.8, 4) is 11.1 Å². The van der Waals surface area contributed by atoms with Gasteiger partial charge >= 0.3 is 12.1 Å². The molecule has 6 heteroatoms. The number of carbonyl (C=O) groups is 2. The number of ether oxygens (including phenoxy) is 1. The molecule has 146 valence electrons. The molecule has 4 rings (SSSR count). The second kappa shape index (κ2) is 7.75. The smallest absolute Gasteiger partial charge is 0.407 e. The number of benzene rings is 2. The van der Waals surface area contributed by atoms with E-state index in [-0.39, 0.29) is 24.8 Å². The molecule has 0 unspecified atom stereocenters. The van der Waals surface area contributed by atoms with Gasteiger partial charge in [-0.3, -0.25) is 0 Å². The fourth-order valence-electron chi connectivity index (χ4n) is 3.78. The number of nitrogens with zero attached hydrogens (tertiary/aromatic N) is 1. The molecule has 0 bridgehead atoms. The van der Waals surface area contributed by atoms with Crippen LogP contribution >= 0.6 is 0 Å². The third-order valence-electron chi connectivity index (χ3n) is 5.12. The summed E-state index contributed by atoms with van der Waals surface area (Å²) in [5.41, 5.74) is 5.94. The summed E-state index contributed by atoms with van der Waals surface area (Å²) in [5, 5.41) is 11.7. The first-order valence-corrected chi connectivity index (χ1v) is 9.32. The molecule has 1 aliphatic carbocycles. The Balaban J connectivity index is 1.39. The second-order valence-electron chi connectivity index (χ2n) is 6.99. The quantitative estimate of drug-likeness (QED) is 0.686. The molecule has 0 aliphatic heterocycles. The Morgan fingerprint density at radius 2 is 1.69 bits per heavy atom. The van der Waals surface area contributed by atoms with E-state index >= 15 is 0 Å². The number of aromatic carboxylic acids is 1. The van der Waals surface area contributed by atoms with E-state index in [2.05, 4.69) is 34.6 Å². The van der Waals surface area contributed by atoms with E-state index in [9.17, 15) is 9.59 Å². The molecule has 29 heavy (non-hydrogen) atoms. The number of aromatic nitrogens is 1. The van der Waals surface area contributed by atoms with Crippen LogP contribution in [0.15, 0.2) is 60.8 Å². The number of amides is 1. The Kier molecular flexibility index (Phi) is 4.99. The third-order valence-corrected chi connectivity index (χ3v) is 5.12. The van der Waals surface area contributed by atoms with Gasteiger partial charge in [0.05, 0.1) is 0 Å². The lowest BCUT2D eigenvalue weighted by Gasteiger charge is -2.14. The van der Waals surface area contributed by atoms with Crippen LogP contribution in [-0.2, 0) is 11.3 Å². The van der Waals surface area contributed by atoms with E-state index in [1.54, 1.807) is 13.0 Å². The monoisotopic (exact) mass is 388 g/mol. The standard InChI is InChI=1S/C23H20N2O4/c1-14-10-15(11-24-21(14)22(26)27)12-25-23(28)29-13-20-18-8-4-2-6-16(18)17-7-3-5-9-19(17)20/h2-11,20H,12-13H2,1H3,(H,25,28)(H,26,27). The summed E-state index contributed by atoms with van der Waals surface area (Å²) in [5.74, 6) is -1.06. The lowest BCUT2D eigenvalue weighted by Crippen LogP contribution is -2.25. The summed E-state index contributed by atoms with van der Waals surface area (Å²) < 4.78 is 5.49. The molecular weight excluding hydrogens is 368 g/mol.